The van der Waals surface area contributed by atoms with Crippen LogP contribution in [0.15, 0.2) is 36.5 Å². The van der Waals surface area contributed by atoms with Crippen molar-refractivity contribution in [3.05, 3.63) is 42.1 Å². The molecule has 1 heterocycles. The van der Waals surface area contributed by atoms with Gasteiger partial charge in [0.1, 0.15) is 9.84 Å². The molecule has 2 rings (SSSR count). The molecule has 0 saturated carbocycles. The van der Waals surface area contributed by atoms with Gasteiger partial charge in [-0.2, -0.15) is 0 Å². The summed E-state index contributed by atoms with van der Waals surface area (Å²) >= 11 is 0. The molecule has 17 heavy (non-hydrogen) atoms. The number of sulfone groups is 1. The Morgan fingerprint density at radius 2 is 2.06 bits per heavy atom. The van der Waals surface area contributed by atoms with Gasteiger partial charge in [0.2, 0.25) is 0 Å². The lowest BCUT2D eigenvalue weighted by molar-refractivity contribution is 0.201. The second-order valence-electron chi connectivity index (χ2n) is 4.07. The van der Waals surface area contributed by atoms with Gasteiger partial charge in [-0.1, -0.05) is 18.2 Å². The Balaban J connectivity index is 2.36. The third-order valence-corrected chi connectivity index (χ3v) is 3.38. The van der Waals surface area contributed by atoms with E-state index in [1.165, 1.54) is 6.20 Å². The first-order chi connectivity index (χ1) is 7.96. The SMILES string of the molecule is CS(=O)(=O)CC(O)c1cnc2ccccc2c1. The number of aromatic nitrogens is 1. The van der Waals surface area contributed by atoms with Crippen molar-refractivity contribution in [3.8, 4) is 0 Å². The molecule has 0 spiro atoms. The van der Waals surface area contributed by atoms with Crippen LogP contribution < -0.4 is 0 Å². The van der Waals surface area contributed by atoms with E-state index >= 15 is 0 Å². The number of aliphatic hydroxyl groups excluding tert-OH is 1. The minimum atomic E-state index is -3.20. The molecule has 0 saturated heterocycles. The van der Waals surface area contributed by atoms with Crippen molar-refractivity contribution in [3.63, 3.8) is 0 Å². The van der Waals surface area contributed by atoms with E-state index in [-0.39, 0.29) is 5.75 Å². The molecular weight excluding hydrogens is 238 g/mol. The molecule has 0 aliphatic carbocycles. The molecule has 1 aromatic heterocycles. The zero-order valence-electron chi connectivity index (χ0n) is 9.37. The third kappa shape index (κ3) is 3.01. The Morgan fingerprint density at radius 3 is 2.76 bits per heavy atom. The largest absolute Gasteiger partial charge is 0.387 e. The number of nitrogens with zero attached hydrogens (tertiary/aromatic N) is 1. The minimum absolute atomic E-state index is 0.285. The van der Waals surface area contributed by atoms with E-state index in [0.717, 1.165) is 17.2 Å². The average Bonchev–Trinajstić information content (AvgIpc) is 2.26. The van der Waals surface area contributed by atoms with Gasteiger partial charge in [-0.25, -0.2) is 8.42 Å². The normalized spacial score (nSPS) is 13.8. The summed E-state index contributed by atoms with van der Waals surface area (Å²) in [5.41, 5.74) is 1.34. The van der Waals surface area contributed by atoms with Crippen molar-refractivity contribution in [1.82, 2.24) is 4.98 Å². The summed E-state index contributed by atoms with van der Waals surface area (Å²) in [6.07, 6.45) is 1.59. The molecule has 5 heteroatoms. The van der Waals surface area contributed by atoms with Gasteiger partial charge >= 0.3 is 0 Å². The van der Waals surface area contributed by atoms with Gasteiger partial charge in [-0.3, -0.25) is 4.98 Å². The van der Waals surface area contributed by atoms with Crippen LogP contribution in [0.3, 0.4) is 0 Å². The van der Waals surface area contributed by atoms with E-state index in [1.54, 1.807) is 6.07 Å². The monoisotopic (exact) mass is 251 g/mol. The molecule has 4 nitrogen and oxygen atoms in total. The third-order valence-electron chi connectivity index (χ3n) is 2.46. The molecule has 1 atom stereocenters. The first-order valence-electron chi connectivity index (χ1n) is 5.16. The zero-order valence-corrected chi connectivity index (χ0v) is 10.2. The summed E-state index contributed by atoms with van der Waals surface area (Å²) in [6, 6.07) is 9.25. The molecule has 1 aromatic carbocycles. The van der Waals surface area contributed by atoms with Crippen molar-refractivity contribution in [1.29, 1.82) is 0 Å². The fourth-order valence-electron chi connectivity index (χ4n) is 1.65. The lowest BCUT2D eigenvalue weighted by Crippen LogP contribution is -2.12. The van der Waals surface area contributed by atoms with Gasteiger partial charge in [-0.05, 0) is 12.1 Å². The highest BCUT2D eigenvalue weighted by molar-refractivity contribution is 7.90. The number of hydrogen-bond donors (Lipinski definition) is 1. The zero-order chi connectivity index (χ0) is 12.5. The number of hydrogen-bond acceptors (Lipinski definition) is 4. The quantitative estimate of drug-likeness (QED) is 0.893. The summed E-state index contributed by atoms with van der Waals surface area (Å²) in [7, 11) is -3.20. The second-order valence-corrected chi connectivity index (χ2v) is 6.25. The summed E-state index contributed by atoms with van der Waals surface area (Å²) < 4.78 is 22.2. The van der Waals surface area contributed by atoms with E-state index in [0.29, 0.717) is 5.56 Å². The molecule has 0 bridgehead atoms. The first-order valence-corrected chi connectivity index (χ1v) is 7.22. The molecule has 1 N–H and O–H groups in total. The van der Waals surface area contributed by atoms with Gasteiger partial charge in [0.15, 0.2) is 0 Å². The van der Waals surface area contributed by atoms with Gasteiger partial charge in [0.25, 0.3) is 0 Å². The Labute approximate surface area is 99.8 Å². The van der Waals surface area contributed by atoms with Crippen LogP contribution in [0.5, 0.6) is 0 Å². The van der Waals surface area contributed by atoms with Crippen LogP contribution in [0.1, 0.15) is 11.7 Å². The summed E-state index contributed by atoms with van der Waals surface area (Å²) in [6.45, 7) is 0. The highest BCUT2D eigenvalue weighted by Gasteiger charge is 2.15. The second kappa shape index (κ2) is 4.43. The van der Waals surface area contributed by atoms with Gasteiger partial charge in [0.05, 0.1) is 17.4 Å². The summed E-state index contributed by atoms with van der Waals surface area (Å²) in [5, 5.41) is 10.7. The predicted molar refractivity (Wildman–Crippen MR) is 66.4 cm³/mol. The van der Waals surface area contributed by atoms with Crippen LogP contribution in [-0.4, -0.2) is 30.5 Å². The van der Waals surface area contributed by atoms with Crippen molar-refractivity contribution in [2.24, 2.45) is 0 Å². The summed E-state index contributed by atoms with van der Waals surface area (Å²) in [5.74, 6) is -0.285. The lowest BCUT2D eigenvalue weighted by Gasteiger charge is -2.09. The van der Waals surface area contributed by atoms with E-state index in [9.17, 15) is 13.5 Å². The van der Waals surface area contributed by atoms with Crippen LogP contribution >= 0.6 is 0 Å². The Kier molecular flexibility index (Phi) is 3.13. The van der Waals surface area contributed by atoms with Crippen LogP contribution in [0, 0.1) is 0 Å². The highest BCUT2D eigenvalue weighted by Crippen LogP contribution is 2.19. The number of pyridine rings is 1. The van der Waals surface area contributed by atoms with E-state index in [1.807, 2.05) is 24.3 Å². The number of benzene rings is 1. The van der Waals surface area contributed by atoms with Crippen LogP contribution in [0.4, 0.5) is 0 Å². The standard InChI is InChI=1S/C12H13NO3S/c1-17(15,16)8-12(14)10-6-9-4-2-3-5-11(9)13-7-10/h2-7,12,14H,8H2,1H3. The number of rotatable bonds is 3. The lowest BCUT2D eigenvalue weighted by atomic mass is 10.1. The van der Waals surface area contributed by atoms with Crippen molar-refractivity contribution < 1.29 is 13.5 Å². The molecular formula is C12H13NO3S. The average molecular weight is 251 g/mol. The van der Waals surface area contributed by atoms with Crippen molar-refractivity contribution in [2.75, 3.05) is 12.0 Å². The molecule has 2 aromatic rings. The first kappa shape index (κ1) is 12.0. The van der Waals surface area contributed by atoms with Gasteiger partial charge in [0, 0.05) is 23.4 Å². The maximum Gasteiger partial charge on any atom is 0.150 e. The van der Waals surface area contributed by atoms with Gasteiger partial charge < -0.3 is 5.11 Å². The van der Waals surface area contributed by atoms with E-state index in [4.69, 9.17) is 0 Å². The predicted octanol–water partition coefficient (Wildman–Crippen LogP) is 1.31. The summed E-state index contributed by atoms with van der Waals surface area (Å²) in [4.78, 5) is 4.18. The molecule has 90 valence electrons. The molecule has 0 fully saturated rings. The number of aliphatic hydroxyl groups is 1. The number of fused-ring (bicyclic) bond motifs is 1. The molecule has 0 amide bonds. The Morgan fingerprint density at radius 1 is 1.35 bits per heavy atom. The van der Waals surface area contributed by atoms with E-state index in [2.05, 4.69) is 4.98 Å². The molecule has 0 aliphatic rings. The molecule has 1 unspecified atom stereocenters. The van der Waals surface area contributed by atoms with E-state index < -0.39 is 15.9 Å². The smallest absolute Gasteiger partial charge is 0.150 e. The highest BCUT2D eigenvalue weighted by atomic mass is 32.2. The Bertz CT molecular complexity index is 637. The fraction of sp³-hybridized carbons (Fsp3) is 0.250. The van der Waals surface area contributed by atoms with Crippen LogP contribution in [-0.2, 0) is 9.84 Å². The molecule has 0 radical (unpaired) electrons. The minimum Gasteiger partial charge on any atom is -0.387 e. The van der Waals surface area contributed by atoms with Crippen molar-refractivity contribution >= 4 is 20.7 Å². The number of para-hydroxylation sites is 1. The fourth-order valence-corrected chi connectivity index (χ4v) is 2.42. The maximum absolute atomic E-state index is 11.1. The van der Waals surface area contributed by atoms with Crippen LogP contribution in [0.2, 0.25) is 0 Å². The van der Waals surface area contributed by atoms with Crippen molar-refractivity contribution in [2.45, 2.75) is 6.10 Å². The topological polar surface area (TPSA) is 67.3 Å². The van der Waals surface area contributed by atoms with Gasteiger partial charge in [-0.15, -0.1) is 0 Å². The maximum atomic E-state index is 11.1. The molecule has 0 aliphatic heterocycles. The van der Waals surface area contributed by atoms with Crippen LogP contribution in [0.25, 0.3) is 10.9 Å². The Hall–Kier alpha value is -1.46.